The van der Waals surface area contributed by atoms with Crippen LogP contribution in [-0.4, -0.2) is 23.6 Å². The van der Waals surface area contributed by atoms with Gasteiger partial charge in [-0.3, -0.25) is 0 Å². The predicted octanol–water partition coefficient (Wildman–Crippen LogP) is 2.98. The molecule has 2 rings (SSSR count). The van der Waals surface area contributed by atoms with Crippen LogP contribution in [0.1, 0.15) is 29.5 Å². The van der Waals surface area contributed by atoms with E-state index in [0.29, 0.717) is 0 Å². The quantitative estimate of drug-likeness (QED) is 0.796. The second kappa shape index (κ2) is 7.36. The normalized spacial score (nSPS) is 10.8. The van der Waals surface area contributed by atoms with E-state index in [1.807, 2.05) is 11.7 Å². The molecule has 2 aromatic rings. The summed E-state index contributed by atoms with van der Waals surface area (Å²) in [5.41, 5.74) is 4.29. The van der Waals surface area contributed by atoms with Crippen molar-refractivity contribution in [2.75, 3.05) is 18.5 Å². The van der Waals surface area contributed by atoms with Crippen LogP contribution in [0.4, 0.5) is 5.82 Å². The highest BCUT2D eigenvalue weighted by molar-refractivity contribution is 7.09. The van der Waals surface area contributed by atoms with Gasteiger partial charge in [-0.25, -0.2) is 9.97 Å². The van der Waals surface area contributed by atoms with Crippen molar-refractivity contribution in [1.29, 1.82) is 0 Å². The zero-order chi connectivity index (χ0) is 14.4. The number of anilines is 1. The fourth-order valence-electron chi connectivity index (χ4n) is 1.96. The van der Waals surface area contributed by atoms with Crippen molar-refractivity contribution in [3.63, 3.8) is 0 Å². The summed E-state index contributed by atoms with van der Waals surface area (Å²) in [6.45, 7) is 7.04. The Labute approximate surface area is 124 Å². The first-order valence-electron chi connectivity index (χ1n) is 6.96. The van der Waals surface area contributed by atoms with Crippen molar-refractivity contribution in [2.24, 2.45) is 0 Å². The van der Waals surface area contributed by atoms with Crippen LogP contribution in [0.25, 0.3) is 0 Å². The Hall–Kier alpha value is -1.46. The van der Waals surface area contributed by atoms with E-state index in [-0.39, 0.29) is 0 Å². The van der Waals surface area contributed by atoms with Crippen LogP contribution in [0, 0.1) is 6.92 Å². The molecule has 20 heavy (non-hydrogen) atoms. The molecule has 0 amide bonds. The molecule has 0 fully saturated rings. The van der Waals surface area contributed by atoms with Crippen LogP contribution in [0.15, 0.2) is 23.8 Å². The fraction of sp³-hybridized carbons (Fsp3) is 0.467. The SMILES string of the molecule is CCCNCc1ccnc(N(C)Cc2scnc2C)c1. The van der Waals surface area contributed by atoms with E-state index >= 15 is 0 Å². The molecule has 0 aliphatic rings. The summed E-state index contributed by atoms with van der Waals surface area (Å²) >= 11 is 1.70. The lowest BCUT2D eigenvalue weighted by Crippen LogP contribution is -2.19. The van der Waals surface area contributed by atoms with Crippen LogP contribution in [0.2, 0.25) is 0 Å². The highest BCUT2D eigenvalue weighted by Crippen LogP contribution is 2.18. The van der Waals surface area contributed by atoms with E-state index in [2.05, 4.69) is 53.2 Å². The number of rotatable bonds is 7. The van der Waals surface area contributed by atoms with Gasteiger partial charge in [-0.05, 0) is 37.6 Å². The molecule has 0 atom stereocenters. The molecule has 2 aromatic heterocycles. The zero-order valence-electron chi connectivity index (χ0n) is 12.4. The maximum absolute atomic E-state index is 4.46. The number of thiazole rings is 1. The summed E-state index contributed by atoms with van der Waals surface area (Å²) < 4.78 is 0. The van der Waals surface area contributed by atoms with Crippen LogP contribution in [0.3, 0.4) is 0 Å². The van der Waals surface area contributed by atoms with E-state index in [4.69, 9.17) is 0 Å². The van der Waals surface area contributed by atoms with E-state index in [1.54, 1.807) is 11.3 Å². The molecule has 0 aliphatic heterocycles. The minimum absolute atomic E-state index is 0.856. The van der Waals surface area contributed by atoms with Gasteiger partial charge in [0.15, 0.2) is 0 Å². The Morgan fingerprint density at radius 1 is 1.35 bits per heavy atom. The molecular weight excluding hydrogens is 268 g/mol. The van der Waals surface area contributed by atoms with Crippen molar-refractivity contribution in [3.8, 4) is 0 Å². The smallest absolute Gasteiger partial charge is 0.128 e. The van der Waals surface area contributed by atoms with Gasteiger partial charge in [-0.1, -0.05) is 6.92 Å². The first-order chi connectivity index (χ1) is 9.70. The molecule has 1 N–H and O–H groups in total. The van der Waals surface area contributed by atoms with Crippen molar-refractivity contribution < 1.29 is 0 Å². The Kier molecular flexibility index (Phi) is 5.49. The van der Waals surface area contributed by atoms with Crippen molar-refractivity contribution >= 4 is 17.2 Å². The molecule has 0 unspecified atom stereocenters. The Balaban J connectivity index is 2.00. The first kappa shape index (κ1) is 14.9. The number of aromatic nitrogens is 2. The zero-order valence-corrected chi connectivity index (χ0v) is 13.2. The molecule has 0 radical (unpaired) electrons. The van der Waals surface area contributed by atoms with Crippen LogP contribution < -0.4 is 10.2 Å². The number of hydrogen-bond donors (Lipinski definition) is 1. The average molecular weight is 290 g/mol. The van der Waals surface area contributed by atoms with Crippen LogP contribution >= 0.6 is 11.3 Å². The highest BCUT2D eigenvalue weighted by atomic mass is 32.1. The monoisotopic (exact) mass is 290 g/mol. The van der Waals surface area contributed by atoms with E-state index in [9.17, 15) is 0 Å². The number of pyridine rings is 1. The molecule has 2 heterocycles. The fourth-order valence-corrected chi connectivity index (χ4v) is 2.79. The number of hydrogen-bond acceptors (Lipinski definition) is 5. The third-order valence-electron chi connectivity index (χ3n) is 3.18. The lowest BCUT2D eigenvalue weighted by Gasteiger charge is -2.18. The predicted molar refractivity (Wildman–Crippen MR) is 85.2 cm³/mol. The maximum atomic E-state index is 4.46. The number of nitrogens with one attached hydrogen (secondary N) is 1. The van der Waals surface area contributed by atoms with Crippen molar-refractivity contribution in [1.82, 2.24) is 15.3 Å². The topological polar surface area (TPSA) is 41.1 Å². The standard InChI is InChI=1S/C15H22N4S/c1-4-6-16-9-13-5-7-17-15(8-13)19(3)10-14-12(2)18-11-20-14/h5,7-8,11,16H,4,6,9-10H2,1-3H3. The third-order valence-corrected chi connectivity index (χ3v) is 4.10. The van der Waals surface area contributed by atoms with Crippen LogP contribution in [-0.2, 0) is 13.1 Å². The summed E-state index contributed by atoms with van der Waals surface area (Å²) in [4.78, 5) is 12.2. The lowest BCUT2D eigenvalue weighted by atomic mass is 10.2. The largest absolute Gasteiger partial charge is 0.354 e. The molecule has 0 bridgehead atoms. The highest BCUT2D eigenvalue weighted by Gasteiger charge is 2.08. The van der Waals surface area contributed by atoms with Gasteiger partial charge in [0.05, 0.1) is 17.7 Å². The molecule has 0 saturated heterocycles. The summed E-state index contributed by atoms with van der Waals surface area (Å²) in [7, 11) is 2.07. The van der Waals surface area contributed by atoms with Gasteiger partial charge in [0.25, 0.3) is 0 Å². The van der Waals surface area contributed by atoms with E-state index < -0.39 is 0 Å². The van der Waals surface area contributed by atoms with Crippen molar-refractivity contribution in [2.45, 2.75) is 33.4 Å². The third kappa shape index (κ3) is 4.02. The molecule has 4 nitrogen and oxygen atoms in total. The van der Waals surface area contributed by atoms with Gasteiger partial charge in [-0.2, -0.15) is 0 Å². The molecular formula is C15H22N4S. The van der Waals surface area contributed by atoms with E-state index in [0.717, 1.165) is 37.6 Å². The maximum Gasteiger partial charge on any atom is 0.128 e. The van der Waals surface area contributed by atoms with Gasteiger partial charge in [0, 0.05) is 24.7 Å². The van der Waals surface area contributed by atoms with Crippen LogP contribution in [0.5, 0.6) is 0 Å². The minimum atomic E-state index is 0.856. The second-order valence-electron chi connectivity index (χ2n) is 4.92. The molecule has 108 valence electrons. The van der Waals surface area contributed by atoms with Gasteiger partial charge in [0.2, 0.25) is 0 Å². The Bertz CT molecular complexity index is 538. The van der Waals surface area contributed by atoms with Gasteiger partial charge < -0.3 is 10.2 Å². The summed E-state index contributed by atoms with van der Waals surface area (Å²) in [5.74, 6) is 1.01. The van der Waals surface area contributed by atoms with Crippen molar-refractivity contribution in [3.05, 3.63) is 40.0 Å². The van der Waals surface area contributed by atoms with Gasteiger partial charge >= 0.3 is 0 Å². The van der Waals surface area contributed by atoms with Gasteiger partial charge in [-0.15, -0.1) is 11.3 Å². The lowest BCUT2D eigenvalue weighted by molar-refractivity contribution is 0.674. The van der Waals surface area contributed by atoms with E-state index in [1.165, 1.54) is 10.4 Å². The van der Waals surface area contributed by atoms with Gasteiger partial charge in [0.1, 0.15) is 5.82 Å². The second-order valence-corrected chi connectivity index (χ2v) is 5.86. The Morgan fingerprint density at radius 3 is 2.90 bits per heavy atom. The Morgan fingerprint density at radius 2 is 2.20 bits per heavy atom. The molecule has 0 aromatic carbocycles. The first-order valence-corrected chi connectivity index (χ1v) is 7.84. The summed E-state index contributed by atoms with van der Waals surface area (Å²) in [6, 6.07) is 4.22. The summed E-state index contributed by atoms with van der Waals surface area (Å²) in [6.07, 6.45) is 3.04. The number of aryl methyl sites for hydroxylation is 1. The molecule has 0 saturated carbocycles. The minimum Gasteiger partial charge on any atom is -0.354 e. The number of nitrogens with zero attached hydrogens (tertiary/aromatic N) is 3. The summed E-state index contributed by atoms with van der Waals surface area (Å²) in [5, 5.41) is 3.42. The molecule has 0 spiro atoms. The molecule has 0 aliphatic carbocycles. The average Bonchev–Trinajstić information content (AvgIpc) is 2.85. The molecule has 5 heteroatoms.